The number of rotatable bonds is 3. The fourth-order valence-corrected chi connectivity index (χ4v) is 1.90. The van der Waals surface area contributed by atoms with Crippen LogP contribution in [0.1, 0.15) is 13.3 Å². The van der Waals surface area contributed by atoms with E-state index in [4.69, 9.17) is 5.11 Å². The SMILES string of the molecule is CNC(=O)CNC(=O)N1CCC(C(=O)O)C1C. The summed E-state index contributed by atoms with van der Waals surface area (Å²) in [7, 11) is 1.48. The first kappa shape index (κ1) is 13.3. The quantitative estimate of drug-likeness (QED) is 0.606. The van der Waals surface area contributed by atoms with Gasteiger partial charge in [0.2, 0.25) is 5.91 Å². The van der Waals surface area contributed by atoms with E-state index in [-0.39, 0.29) is 18.5 Å². The molecule has 0 saturated carbocycles. The number of nitrogens with zero attached hydrogens (tertiary/aromatic N) is 1. The molecule has 7 heteroatoms. The van der Waals surface area contributed by atoms with E-state index in [0.717, 1.165) is 0 Å². The highest BCUT2D eigenvalue weighted by atomic mass is 16.4. The van der Waals surface area contributed by atoms with E-state index in [2.05, 4.69) is 10.6 Å². The number of likely N-dealkylation sites (N-methyl/N-ethyl adjacent to an activating group) is 1. The molecule has 0 spiro atoms. The van der Waals surface area contributed by atoms with E-state index < -0.39 is 17.9 Å². The number of amides is 3. The Morgan fingerprint density at radius 2 is 2.06 bits per heavy atom. The summed E-state index contributed by atoms with van der Waals surface area (Å²) >= 11 is 0. The number of carboxylic acids is 1. The van der Waals surface area contributed by atoms with E-state index >= 15 is 0 Å². The van der Waals surface area contributed by atoms with Crippen LogP contribution in [-0.2, 0) is 9.59 Å². The van der Waals surface area contributed by atoms with Gasteiger partial charge in [0.1, 0.15) is 0 Å². The first-order valence-corrected chi connectivity index (χ1v) is 5.45. The average molecular weight is 243 g/mol. The number of nitrogens with one attached hydrogen (secondary N) is 2. The minimum absolute atomic E-state index is 0.101. The number of urea groups is 1. The van der Waals surface area contributed by atoms with Gasteiger partial charge in [0, 0.05) is 19.6 Å². The first-order valence-electron chi connectivity index (χ1n) is 5.45. The first-order chi connectivity index (χ1) is 7.97. The van der Waals surface area contributed by atoms with Gasteiger partial charge in [0.05, 0.1) is 12.5 Å². The molecular weight excluding hydrogens is 226 g/mol. The highest BCUT2D eigenvalue weighted by Crippen LogP contribution is 2.23. The largest absolute Gasteiger partial charge is 0.481 e. The molecule has 0 radical (unpaired) electrons. The zero-order valence-electron chi connectivity index (χ0n) is 9.90. The molecule has 0 aromatic heterocycles. The Balaban J connectivity index is 2.49. The van der Waals surface area contributed by atoms with E-state index in [9.17, 15) is 14.4 Å². The maximum atomic E-state index is 11.7. The maximum Gasteiger partial charge on any atom is 0.318 e. The Bertz CT molecular complexity index is 332. The molecule has 3 amide bonds. The normalized spacial score (nSPS) is 23.3. The Morgan fingerprint density at radius 1 is 1.41 bits per heavy atom. The molecule has 1 rings (SSSR count). The monoisotopic (exact) mass is 243 g/mol. The number of aliphatic carboxylic acids is 1. The van der Waals surface area contributed by atoms with Crippen LogP contribution in [0.15, 0.2) is 0 Å². The molecule has 1 aliphatic heterocycles. The van der Waals surface area contributed by atoms with Gasteiger partial charge in [-0.05, 0) is 13.3 Å². The van der Waals surface area contributed by atoms with Gasteiger partial charge in [0.15, 0.2) is 0 Å². The maximum absolute atomic E-state index is 11.7. The number of carbonyl (C=O) groups excluding carboxylic acids is 2. The van der Waals surface area contributed by atoms with Crippen molar-refractivity contribution < 1.29 is 19.5 Å². The second-order valence-electron chi connectivity index (χ2n) is 4.00. The van der Waals surface area contributed by atoms with Crippen molar-refractivity contribution >= 4 is 17.9 Å². The van der Waals surface area contributed by atoms with Crippen LogP contribution in [0.5, 0.6) is 0 Å². The van der Waals surface area contributed by atoms with Gasteiger partial charge in [-0.1, -0.05) is 0 Å². The highest BCUT2D eigenvalue weighted by molar-refractivity contribution is 5.84. The van der Waals surface area contributed by atoms with Crippen LogP contribution < -0.4 is 10.6 Å². The highest BCUT2D eigenvalue weighted by Gasteiger charge is 2.38. The number of hydrogen-bond donors (Lipinski definition) is 3. The van der Waals surface area contributed by atoms with Gasteiger partial charge in [-0.15, -0.1) is 0 Å². The minimum atomic E-state index is -0.890. The summed E-state index contributed by atoms with van der Waals surface area (Å²) in [6.07, 6.45) is 0.448. The summed E-state index contributed by atoms with van der Waals surface area (Å²) in [6, 6.07) is -0.748. The molecule has 1 saturated heterocycles. The second-order valence-corrected chi connectivity index (χ2v) is 4.00. The number of carbonyl (C=O) groups is 3. The van der Waals surface area contributed by atoms with E-state index in [1.807, 2.05) is 0 Å². The molecule has 0 bridgehead atoms. The lowest BCUT2D eigenvalue weighted by Crippen LogP contribution is -2.46. The van der Waals surface area contributed by atoms with Crippen molar-refractivity contribution in [3.05, 3.63) is 0 Å². The Labute approximate surface area is 99.2 Å². The molecule has 2 atom stereocenters. The van der Waals surface area contributed by atoms with Crippen LogP contribution in [0, 0.1) is 5.92 Å². The number of carboxylic acid groups (broad SMARTS) is 1. The summed E-state index contributed by atoms with van der Waals surface area (Å²) in [4.78, 5) is 34.9. The molecular formula is C10H17N3O4. The van der Waals surface area contributed by atoms with Crippen molar-refractivity contribution in [2.75, 3.05) is 20.1 Å². The van der Waals surface area contributed by atoms with Crippen LogP contribution in [-0.4, -0.2) is 54.1 Å². The Morgan fingerprint density at radius 3 is 2.53 bits per heavy atom. The van der Waals surface area contributed by atoms with Crippen molar-refractivity contribution in [1.29, 1.82) is 0 Å². The lowest BCUT2D eigenvalue weighted by molar-refractivity contribution is -0.142. The number of likely N-dealkylation sites (tertiary alicyclic amines) is 1. The molecule has 96 valence electrons. The third kappa shape index (κ3) is 3.08. The third-order valence-corrected chi connectivity index (χ3v) is 3.01. The molecule has 0 aliphatic carbocycles. The van der Waals surface area contributed by atoms with Crippen LogP contribution in [0.3, 0.4) is 0 Å². The third-order valence-electron chi connectivity index (χ3n) is 3.01. The molecule has 2 unspecified atom stereocenters. The molecule has 1 heterocycles. The van der Waals surface area contributed by atoms with Gasteiger partial charge in [-0.2, -0.15) is 0 Å². The van der Waals surface area contributed by atoms with E-state index in [1.54, 1.807) is 6.92 Å². The van der Waals surface area contributed by atoms with Crippen LogP contribution in [0.25, 0.3) is 0 Å². The van der Waals surface area contributed by atoms with Gasteiger partial charge >= 0.3 is 12.0 Å². The zero-order valence-corrected chi connectivity index (χ0v) is 9.90. The van der Waals surface area contributed by atoms with E-state index in [1.165, 1.54) is 11.9 Å². The summed E-state index contributed by atoms with van der Waals surface area (Å²) in [6.45, 7) is 2.00. The van der Waals surface area contributed by atoms with Crippen LogP contribution in [0.4, 0.5) is 4.79 Å². The predicted octanol–water partition coefficient (Wildman–Crippen LogP) is -0.763. The molecule has 0 aromatic carbocycles. The van der Waals surface area contributed by atoms with Crippen LogP contribution >= 0.6 is 0 Å². The number of hydrogen-bond acceptors (Lipinski definition) is 3. The summed E-state index contributed by atoms with van der Waals surface area (Å²) in [5.41, 5.74) is 0. The van der Waals surface area contributed by atoms with Crippen LogP contribution in [0.2, 0.25) is 0 Å². The summed E-state index contributed by atoms with van der Waals surface area (Å²) in [5, 5.41) is 13.7. The standard InChI is InChI=1S/C10H17N3O4/c1-6-7(9(15)16)3-4-13(6)10(17)12-5-8(14)11-2/h6-7H,3-5H2,1-2H3,(H,11,14)(H,12,17)(H,15,16). The zero-order chi connectivity index (χ0) is 13.0. The van der Waals surface area contributed by atoms with E-state index in [0.29, 0.717) is 13.0 Å². The molecule has 0 aromatic rings. The smallest absolute Gasteiger partial charge is 0.318 e. The fraction of sp³-hybridized carbons (Fsp3) is 0.700. The average Bonchev–Trinajstić information content (AvgIpc) is 2.67. The molecule has 3 N–H and O–H groups in total. The van der Waals surface area contributed by atoms with Gasteiger partial charge in [0.25, 0.3) is 0 Å². The topological polar surface area (TPSA) is 98.7 Å². The Hall–Kier alpha value is -1.79. The fourth-order valence-electron chi connectivity index (χ4n) is 1.90. The second kappa shape index (κ2) is 5.51. The van der Waals surface area contributed by atoms with Gasteiger partial charge < -0.3 is 20.6 Å². The summed E-state index contributed by atoms with van der Waals surface area (Å²) in [5.74, 6) is -1.71. The lowest BCUT2D eigenvalue weighted by atomic mass is 10.0. The van der Waals surface area contributed by atoms with Gasteiger partial charge in [-0.3, -0.25) is 9.59 Å². The minimum Gasteiger partial charge on any atom is -0.481 e. The lowest BCUT2D eigenvalue weighted by Gasteiger charge is -2.23. The van der Waals surface area contributed by atoms with Crippen molar-refractivity contribution in [2.45, 2.75) is 19.4 Å². The molecule has 7 nitrogen and oxygen atoms in total. The molecule has 17 heavy (non-hydrogen) atoms. The van der Waals surface area contributed by atoms with Crippen molar-refractivity contribution in [1.82, 2.24) is 15.5 Å². The predicted molar refractivity (Wildman–Crippen MR) is 59.4 cm³/mol. The van der Waals surface area contributed by atoms with Crippen molar-refractivity contribution in [3.8, 4) is 0 Å². The summed E-state index contributed by atoms with van der Waals surface area (Å²) < 4.78 is 0. The molecule has 1 aliphatic rings. The Kier molecular flexibility index (Phi) is 4.30. The molecule has 1 fully saturated rings. The van der Waals surface area contributed by atoms with Crippen molar-refractivity contribution in [3.63, 3.8) is 0 Å². The van der Waals surface area contributed by atoms with Crippen molar-refractivity contribution in [2.24, 2.45) is 5.92 Å². The van der Waals surface area contributed by atoms with Gasteiger partial charge in [-0.25, -0.2) is 4.79 Å².